The van der Waals surface area contributed by atoms with Crippen LogP contribution in [0, 0.1) is 0 Å². The summed E-state index contributed by atoms with van der Waals surface area (Å²) >= 11 is 0. The van der Waals surface area contributed by atoms with Crippen LogP contribution in [0.3, 0.4) is 0 Å². The van der Waals surface area contributed by atoms with E-state index in [1.807, 2.05) is 4.90 Å². The van der Waals surface area contributed by atoms with Gasteiger partial charge in [0.2, 0.25) is 0 Å². The maximum atomic E-state index is 11.2. The molecule has 1 heterocycles. The molecule has 1 aliphatic rings. The zero-order valence-electron chi connectivity index (χ0n) is 17.3. The summed E-state index contributed by atoms with van der Waals surface area (Å²) in [5.74, 6) is -2.89. The Labute approximate surface area is 171 Å². The summed E-state index contributed by atoms with van der Waals surface area (Å²) < 4.78 is 0. The van der Waals surface area contributed by atoms with Gasteiger partial charge in [-0.3, -0.25) is 34.0 Å². The first-order valence-electron chi connectivity index (χ1n) is 9.72. The van der Waals surface area contributed by atoms with Crippen LogP contribution in [0.15, 0.2) is 0 Å². The molecule has 1 aliphatic heterocycles. The zero-order chi connectivity index (χ0) is 22.0. The minimum absolute atomic E-state index is 0.150. The summed E-state index contributed by atoms with van der Waals surface area (Å²) in [6.07, 6.45) is 0. The van der Waals surface area contributed by atoms with Gasteiger partial charge in [-0.1, -0.05) is 0 Å². The molecule has 0 aromatic rings. The fourth-order valence-corrected chi connectivity index (χ4v) is 3.33. The number of rotatable bonds is 8. The van der Waals surface area contributed by atoms with E-state index in [4.69, 9.17) is 5.11 Å². The highest BCUT2D eigenvalue weighted by atomic mass is 16.4. The lowest BCUT2D eigenvalue weighted by atomic mass is 10.1. The average Bonchev–Trinajstić information content (AvgIpc) is 2.54. The van der Waals surface area contributed by atoms with Gasteiger partial charge >= 0.3 is 17.9 Å². The minimum Gasteiger partial charge on any atom is -0.480 e. The summed E-state index contributed by atoms with van der Waals surface area (Å²) in [6.45, 7) is 6.69. The fourth-order valence-electron chi connectivity index (χ4n) is 3.33. The molecule has 11 nitrogen and oxygen atoms in total. The van der Waals surface area contributed by atoms with Gasteiger partial charge in [-0.25, -0.2) is 0 Å². The number of nitrogens with zero attached hydrogens (tertiary/aromatic N) is 4. The summed E-state index contributed by atoms with van der Waals surface area (Å²) in [6, 6.07) is 0. The Hall–Kier alpha value is -1.79. The van der Waals surface area contributed by atoms with Crippen LogP contribution in [-0.4, -0.2) is 142 Å². The Kier molecular flexibility index (Phi) is 10.5. The smallest absolute Gasteiger partial charge is 0.317 e. The van der Waals surface area contributed by atoms with Crippen molar-refractivity contribution in [3.8, 4) is 0 Å². The molecular formula is C18H34N4O7. The van der Waals surface area contributed by atoms with E-state index >= 15 is 0 Å². The highest BCUT2D eigenvalue weighted by Crippen LogP contribution is 2.07. The van der Waals surface area contributed by atoms with E-state index in [2.05, 4.69) is 0 Å². The first-order valence-corrected chi connectivity index (χ1v) is 9.72. The van der Waals surface area contributed by atoms with Gasteiger partial charge < -0.3 is 20.4 Å². The van der Waals surface area contributed by atoms with Crippen molar-refractivity contribution in [2.75, 3.05) is 78.5 Å². The number of hydrogen-bond acceptors (Lipinski definition) is 8. The fraction of sp³-hybridized carbons (Fsp3) is 0.833. The van der Waals surface area contributed by atoms with Crippen molar-refractivity contribution in [2.24, 2.45) is 0 Å². The van der Waals surface area contributed by atoms with E-state index in [0.29, 0.717) is 58.9 Å². The predicted molar refractivity (Wildman–Crippen MR) is 105 cm³/mol. The molecule has 0 saturated carbocycles. The van der Waals surface area contributed by atoms with Gasteiger partial charge in [0.1, 0.15) is 0 Å². The second-order valence-electron chi connectivity index (χ2n) is 8.10. The van der Waals surface area contributed by atoms with Crippen LogP contribution < -0.4 is 0 Å². The largest absolute Gasteiger partial charge is 0.480 e. The van der Waals surface area contributed by atoms with E-state index in [9.17, 15) is 29.7 Å². The van der Waals surface area contributed by atoms with Crippen molar-refractivity contribution >= 4 is 17.9 Å². The summed E-state index contributed by atoms with van der Waals surface area (Å²) in [7, 11) is 0. The summed E-state index contributed by atoms with van der Waals surface area (Å²) in [4.78, 5) is 40.7. The number of carboxylic acids is 3. The number of aliphatic carboxylic acids is 3. The van der Waals surface area contributed by atoms with Crippen LogP contribution in [0.25, 0.3) is 0 Å². The molecule has 0 aromatic heterocycles. The predicted octanol–water partition coefficient (Wildman–Crippen LogP) is -1.77. The molecule has 0 atom stereocenters. The normalized spacial score (nSPS) is 20.0. The van der Waals surface area contributed by atoms with Gasteiger partial charge in [0.25, 0.3) is 0 Å². The highest BCUT2D eigenvalue weighted by Gasteiger charge is 2.23. The minimum atomic E-state index is -0.983. The first-order chi connectivity index (χ1) is 13.4. The Morgan fingerprint density at radius 3 is 1.07 bits per heavy atom. The Balaban J connectivity index is 2.94. The molecular weight excluding hydrogens is 384 g/mol. The quantitative estimate of drug-likeness (QED) is 0.355. The Bertz CT molecular complexity index is 521. The van der Waals surface area contributed by atoms with Crippen molar-refractivity contribution in [1.29, 1.82) is 0 Å². The molecule has 168 valence electrons. The number of β-amino-alcohol motifs (C(OH)–C–C–N with tert-alkyl or cyclic N) is 1. The van der Waals surface area contributed by atoms with Crippen LogP contribution in [0.5, 0.6) is 0 Å². The van der Waals surface area contributed by atoms with Crippen molar-refractivity contribution in [3.63, 3.8) is 0 Å². The van der Waals surface area contributed by atoms with Crippen molar-refractivity contribution in [1.82, 2.24) is 19.6 Å². The second kappa shape index (κ2) is 12.0. The number of carboxylic acid groups (broad SMARTS) is 3. The lowest BCUT2D eigenvalue weighted by Gasteiger charge is -2.35. The molecule has 1 rings (SSSR count). The molecule has 0 radical (unpaired) electrons. The highest BCUT2D eigenvalue weighted by molar-refractivity contribution is 5.69. The molecule has 1 fully saturated rings. The summed E-state index contributed by atoms with van der Waals surface area (Å²) in [5.41, 5.74) is -0.940. The van der Waals surface area contributed by atoms with E-state index in [1.165, 1.54) is 0 Å². The SMILES string of the molecule is CC(C)(O)CN1CCN(CC(=O)O)CCN(CC(=O)O)CCN(CC(=O)O)CC1. The maximum absolute atomic E-state index is 11.2. The van der Waals surface area contributed by atoms with E-state index in [1.54, 1.807) is 28.5 Å². The molecule has 1 saturated heterocycles. The third kappa shape index (κ3) is 12.4. The molecule has 0 spiro atoms. The lowest BCUT2D eigenvalue weighted by Crippen LogP contribution is -2.50. The maximum Gasteiger partial charge on any atom is 0.317 e. The monoisotopic (exact) mass is 418 g/mol. The third-order valence-electron chi connectivity index (χ3n) is 4.62. The van der Waals surface area contributed by atoms with Crippen LogP contribution in [0.4, 0.5) is 0 Å². The molecule has 29 heavy (non-hydrogen) atoms. The van der Waals surface area contributed by atoms with Crippen LogP contribution in [0.1, 0.15) is 13.8 Å². The molecule has 0 amide bonds. The van der Waals surface area contributed by atoms with Crippen molar-refractivity contribution in [2.45, 2.75) is 19.4 Å². The van der Waals surface area contributed by atoms with Crippen LogP contribution >= 0.6 is 0 Å². The number of carbonyl (C=O) groups is 3. The van der Waals surface area contributed by atoms with Crippen molar-refractivity contribution < 1.29 is 34.8 Å². The van der Waals surface area contributed by atoms with E-state index in [0.717, 1.165) is 0 Å². The standard InChI is InChI=1S/C18H34N4O7/c1-18(2,29)14-22-9-7-20(12-16(25)26)5-3-19(11-15(23)24)4-6-21(8-10-22)13-17(27)28/h29H,3-14H2,1-2H3,(H,23,24)(H,25,26)(H,27,28). The Morgan fingerprint density at radius 1 is 0.621 bits per heavy atom. The van der Waals surface area contributed by atoms with Gasteiger partial charge in [-0.15, -0.1) is 0 Å². The third-order valence-corrected chi connectivity index (χ3v) is 4.62. The van der Waals surface area contributed by atoms with Gasteiger partial charge in [0, 0.05) is 58.9 Å². The van der Waals surface area contributed by atoms with Crippen LogP contribution in [0.2, 0.25) is 0 Å². The average molecular weight is 418 g/mol. The topological polar surface area (TPSA) is 145 Å². The number of aliphatic hydroxyl groups is 1. The van der Waals surface area contributed by atoms with Gasteiger partial charge in [-0.05, 0) is 13.8 Å². The Morgan fingerprint density at radius 2 is 0.862 bits per heavy atom. The first kappa shape index (κ1) is 25.2. The second-order valence-corrected chi connectivity index (χ2v) is 8.10. The van der Waals surface area contributed by atoms with Gasteiger partial charge in [0.15, 0.2) is 0 Å². The van der Waals surface area contributed by atoms with Crippen LogP contribution in [-0.2, 0) is 14.4 Å². The molecule has 0 aromatic carbocycles. The zero-order valence-corrected chi connectivity index (χ0v) is 17.3. The molecule has 0 aliphatic carbocycles. The molecule has 0 unspecified atom stereocenters. The van der Waals surface area contributed by atoms with E-state index < -0.39 is 23.5 Å². The number of hydrogen-bond donors (Lipinski definition) is 4. The molecule has 11 heteroatoms. The van der Waals surface area contributed by atoms with E-state index in [-0.39, 0.29) is 19.6 Å². The van der Waals surface area contributed by atoms with Gasteiger partial charge in [-0.2, -0.15) is 0 Å². The van der Waals surface area contributed by atoms with Gasteiger partial charge in [0.05, 0.1) is 25.2 Å². The van der Waals surface area contributed by atoms with Crippen molar-refractivity contribution in [3.05, 3.63) is 0 Å². The molecule has 0 bridgehead atoms. The lowest BCUT2D eigenvalue weighted by molar-refractivity contribution is -0.140. The summed E-state index contributed by atoms with van der Waals surface area (Å²) in [5, 5.41) is 37.7. The molecule has 4 N–H and O–H groups in total.